The summed E-state index contributed by atoms with van der Waals surface area (Å²) in [4.78, 5) is 2.68. The topological polar surface area (TPSA) is 28.4 Å². The zero-order chi connectivity index (χ0) is 12.4. The minimum absolute atomic E-state index is 0.433. The second-order valence-corrected chi connectivity index (χ2v) is 5.81. The highest BCUT2D eigenvalue weighted by Gasteiger charge is 2.35. The first kappa shape index (κ1) is 12.2. The maximum atomic E-state index is 5.59. The number of furan rings is 1. The summed E-state index contributed by atoms with van der Waals surface area (Å²) >= 11 is 0. The molecule has 3 rings (SSSR count). The SMILES string of the molecule is CC(c1ccco1)N(CC1CCNCC1)C1CC1. The van der Waals surface area contributed by atoms with Gasteiger partial charge in [-0.1, -0.05) is 0 Å². The smallest absolute Gasteiger partial charge is 0.120 e. The molecule has 1 aromatic heterocycles. The first-order valence-corrected chi connectivity index (χ1v) is 7.34. The summed E-state index contributed by atoms with van der Waals surface area (Å²) in [5.41, 5.74) is 0. The van der Waals surface area contributed by atoms with Gasteiger partial charge in [-0.15, -0.1) is 0 Å². The fraction of sp³-hybridized carbons (Fsp3) is 0.733. The molecule has 1 saturated heterocycles. The first-order chi connectivity index (χ1) is 8.84. The van der Waals surface area contributed by atoms with Crippen LogP contribution in [0.25, 0.3) is 0 Å². The van der Waals surface area contributed by atoms with Crippen molar-refractivity contribution in [2.75, 3.05) is 19.6 Å². The predicted octanol–water partition coefficient (Wildman–Crippen LogP) is 2.80. The lowest BCUT2D eigenvalue weighted by molar-refractivity contribution is 0.137. The maximum Gasteiger partial charge on any atom is 0.120 e. The largest absolute Gasteiger partial charge is 0.468 e. The Bertz CT molecular complexity index is 353. The van der Waals surface area contributed by atoms with Gasteiger partial charge in [-0.25, -0.2) is 0 Å². The van der Waals surface area contributed by atoms with E-state index in [1.54, 1.807) is 6.26 Å². The summed E-state index contributed by atoms with van der Waals surface area (Å²) in [5.74, 6) is 1.99. The average Bonchev–Trinajstić information content (AvgIpc) is 3.10. The Morgan fingerprint density at radius 3 is 2.72 bits per heavy atom. The van der Waals surface area contributed by atoms with E-state index < -0.39 is 0 Å². The van der Waals surface area contributed by atoms with Gasteiger partial charge in [-0.05, 0) is 63.7 Å². The third-order valence-corrected chi connectivity index (χ3v) is 4.40. The lowest BCUT2D eigenvalue weighted by atomic mass is 9.96. The second kappa shape index (κ2) is 5.45. The summed E-state index contributed by atoms with van der Waals surface area (Å²) in [6, 6.07) is 5.35. The van der Waals surface area contributed by atoms with Crippen molar-refractivity contribution in [1.82, 2.24) is 10.2 Å². The van der Waals surface area contributed by atoms with Crippen LogP contribution in [0.3, 0.4) is 0 Å². The van der Waals surface area contributed by atoms with E-state index in [9.17, 15) is 0 Å². The van der Waals surface area contributed by atoms with Crippen molar-refractivity contribution in [2.45, 2.75) is 44.7 Å². The maximum absolute atomic E-state index is 5.59. The van der Waals surface area contributed by atoms with Crippen molar-refractivity contribution in [3.8, 4) is 0 Å². The van der Waals surface area contributed by atoms with E-state index in [1.807, 2.05) is 6.07 Å². The molecule has 1 atom stereocenters. The van der Waals surface area contributed by atoms with Crippen molar-refractivity contribution in [3.63, 3.8) is 0 Å². The lowest BCUT2D eigenvalue weighted by Crippen LogP contribution is -2.38. The van der Waals surface area contributed by atoms with Gasteiger partial charge in [0.2, 0.25) is 0 Å². The molecule has 2 fully saturated rings. The molecule has 0 aromatic carbocycles. The number of nitrogens with zero attached hydrogens (tertiary/aromatic N) is 1. The third-order valence-electron chi connectivity index (χ3n) is 4.40. The van der Waals surface area contributed by atoms with Gasteiger partial charge in [0.05, 0.1) is 12.3 Å². The molecular weight excluding hydrogens is 224 g/mol. The molecule has 2 heterocycles. The zero-order valence-electron chi connectivity index (χ0n) is 11.3. The van der Waals surface area contributed by atoms with Crippen LogP contribution in [0.1, 0.15) is 44.4 Å². The molecule has 0 amide bonds. The Morgan fingerprint density at radius 1 is 1.33 bits per heavy atom. The molecule has 18 heavy (non-hydrogen) atoms. The molecule has 1 N–H and O–H groups in total. The van der Waals surface area contributed by atoms with Crippen LogP contribution in [0.15, 0.2) is 22.8 Å². The highest BCUT2D eigenvalue weighted by molar-refractivity contribution is 5.05. The molecule has 1 unspecified atom stereocenters. The van der Waals surface area contributed by atoms with Crippen LogP contribution in [0.5, 0.6) is 0 Å². The van der Waals surface area contributed by atoms with E-state index in [-0.39, 0.29) is 0 Å². The molecule has 1 aromatic rings. The van der Waals surface area contributed by atoms with E-state index in [2.05, 4.69) is 23.2 Å². The Hall–Kier alpha value is -0.800. The number of nitrogens with one attached hydrogen (secondary N) is 1. The summed E-state index contributed by atoms with van der Waals surface area (Å²) in [7, 11) is 0. The predicted molar refractivity (Wildman–Crippen MR) is 72.4 cm³/mol. The molecule has 0 bridgehead atoms. The van der Waals surface area contributed by atoms with Gasteiger partial charge < -0.3 is 9.73 Å². The third kappa shape index (κ3) is 2.78. The Kier molecular flexibility index (Phi) is 3.71. The zero-order valence-corrected chi connectivity index (χ0v) is 11.3. The van der Waals surface area contributed by atoms with Crippen LogP contribution >= 0.6 is 0 Å². The fourth-order valence-corrected chi connectivity index (χ4v) is 3.08. The van der Waals surface area contributed by atoms with Gasteiger partial charge in [-0.3, -0.25) is 4.90 Å². The highest BCUT2D eigenvalue weighted by Crippen LogP contribution is 2.35. The van der Waals surface area contributed by atoms with Crippen LogP contribution < -0.4 is 5.32 Å². The summed E-state index contributed by atoms with van der Waals surface area (Å²) in [6.45, 7) is 5.92. The van der Waals surface area contributed by atoms with E-state index in [0.717, 1.165) is 17.7 Å². The van der Waals surface area contributed by atoms with Gasteiger partial charge in [-0.2, -0.15) is 0 Å². The monoisotopic (exact) mass is 248 g/mol. The van der Waals surface area contributed by atoms with Crippen molar-refractivity contribution < 1.29 is 4.42 Å². The van der Waals surface area contributed by atoms with Gasteiger partial charge in [0.1, 0.15) is 5.76 Å². The summed E-state index contributed by atoms with van der Waals surface area (Å²) < 4.78 is 5.59. The van der Waals surface area contributed by atoms with Crippen molar-refractivity contribution in [3.05, 3.63) is 24.2 Å². The van der Waals surface area contributed by atoms with Crippen molar-refractivity contribution >= 4 is 0 Å². The van der Waals surface area contributed by atoms with E-state index in [4.69, 9.17) is 4.42 Å². The molecule has 100 valence electrons. The Labute approximate surface area is 110 Å². The number of piperidine rings is 1. The molecule has 0 spiro atoms. The number of hydrogen-bond acceptors (Lipinski definition) is 3. The minimum Gasteiger partial charge on any atom is -0.468 e. The lowest BCUT2D eigenvalue weighted by Gasteiger charge is -2.33. The molecule has 3 heteroatoms. The Balaban J connectivity index is 1.64. The van der Waals surface area contributed by atoms with Gasteiger partial charge in [0.25, 0.3) is 0 Å². The average molecular weight is 248 g/mol. The summed E-state index contributed by atoms with van der Waals surface area (Å²) in [6.07, 6.45) is 7.19. The molecular formula is C15H24N2O. The van der Waals surface area contributed by atoms with Crippen LogP contribution in [0, 0.1) is 5.92 Å². The number of rotatable bonds is 5. The van der Waals surface area contributed by atoms with Crippen molar-refractivity contribution in [1.29, 1.82) is 0 Å². The number of hydrogen-bond donors (Lipinski definition) is 1. The van der Waals surface area contributed by atoms with Crippen LogP contribution in [0.4, 0.5) is 0 Å². The first-order valence-electron chi connectivity index (χ1n) is 7.34. The fourth-order valence-electron chi connectivity index (χ4n) is 3.08. The van der Waals surface area contributed by atoms with E-state index in [1.165, 1.54) is 45.3 Å². The normalized spacial score (nSPS) is 23.4. The van der Waals surface area contributed by atoms with Crippen LogP contribution in [-0.4, -0.2) is 30.6 Å². The van der Waals surface area contributed by atoms with Gasteiger partial charge in [0, 0.05) is 12.6 Å². The van der Waals surface area contributed by atoms with Gasteiger partial charge >= 0.3 is 0 Å². The minimum atomic E-state index is 0.433. The van der Waals surface area contributed by atoms with Crippen LogP contribution in [0.2, 0.25) is 0 Å². The molecule has 2 aliphatic rings. The standard InChI is InChI=1S/C15H24N2O/c1-12(15-3-2-10-18-15)17(14-4-5-14)11-13-6-8-16-9-7-13/h2-3,10,12-14,16H,4-9,11H2,1H3. The van der Waals surface area contributed by atoms with Gasteiger partial charge in [0.15, 0.2) is 0 Å². The second-order valence-electron chi connectivity index (χ2n) is 5.81. The quantitative estimate of drug-likeness (QED) is 0.868. The molecule has 3 nitrogen and oxygen atoms in total. The molecule has 1 aliphatic heterocycles. The van der Waals surface area contributed by atoms with Crippen LogP contribution in [-0.2, 0) is 0 Å². The van der Waals surface area contributed by atoms with E-state index >= 15 is 0 Å². The van der Waals surface area contributed by atoms with E-state index in [0.29, 0.717) is 6.04 Å². The molecule has 1 aliphatic carbocycles. The van der Waals surface area contributed by atoms with Crippen molar-refractivity contribution in [2.24, 2.45) is 5.92 Å². The molecule has 1 saturated carbocycles. The summed E-state index contributed by atoms with van der Waals surface area (Å²) in [5, 5.41) is 3.45. The molecule has 0 radical (unpaired) electrons. The highest BCUT2D eigenvalue weighted by atomic mass is 16.3. The Morgan fingerprint density at radius 2 is 2.11 bits per heavy atom.